The van der Waals surface area contributed by atoms with Crippen molar-refractivity contribution in [2.24, 2.45) is 0 Å². The maximum absolute atomic E-state index is 13.3. The quantitative estimate of drug-likeness (QED) is 0.484. The van der Waals surface area contributed by atoms with E-state index in [-0.39, 0.29) is 12.4 Å². The van der Waals surface area contributed by atoms with Crippen molar-refractivity contribution in [3.05, 3.63) is 33.6 Å². The van der Waals surface area contributed by atoms with Crippen LogP contribution in [-0.4, -0.2) is 28.6 Å². The Labute approximate surface area is 102 Å². The number of aliphatic hydroxyl groups is 1. The van der Waals surface area contributed by atoms with Gasteiger partial charge in [0.15, 0.2) is 0 Å². The standard InChI is InChI=1S/C10H12ClFN2O3/c1-6-2-10(14(16)17)8(12)3-9(6)13-5-7(15)4-11/h2-3,7,13,15H,4-5H2,1H3. The lowest BCUT2D eigenvalue weighted by Crippen LogP contribution is -2.21. The summed E-state index contributed by atoms with van der Waals surface area (Å²) >= 11 is 5.40. The summed E-state index contributed by atoms with van der Waals surface area (Å²) in [6.45, 7) is 1.77. The molecular formula is C10H12ClFN2O3. The Morgan fingerprint density at radius 2 is 2.29 bits per heavy atom. The molecule has 1 rings (SSSR count). The maximum Gasteiger partial charge on any atom is 0.305 e. The van der Waals surface area contributed by atoms with Gasteiger partial charge in [0.25, 0.3) is 0 Å². The molecule has 0 spiro atoms. The summed E-state index contributed by atoms with van der Waals surface area (Å²) in [5.41, 5.74) is 0.364. The molecule has 0 heterocycles. The van der Waals surface area contributed by atoms with Crippen molar-refractivity contribution in [3.63, 3.8) is 0 Å². The molecule has 0 saturated carbocycles. The van der Waals surface area contributed by atoms with Crippen molar-refractivity contribution >= 4 is 23.0 Å². The highest BCUT2D eigenvalue weighted by molar-refractivity contribution is 6.18. The average Bonchev–Trinajstić information content (AvgIpc) is 2.28. The highest BCUT2D eigenvalue weighted by atomic mass is 35.5. The van der Waals surface area contributed by atoms with E-state index in [0.29, 0.717) is 11.3 Å². The number of benzene rings is 1. The smallest absolute Gasteiger partial charge is 0.305 e. The van der Waals surface area contributed by atoms with Crippen LogP contribution in [0.25, 0.3) is 0 Å². The second-order valence-electron chi connectivity index (χ2n) is 3.56. The van der Waals surface area contributed by atoms with Crippen LogP contribution in [0.15, 0.2) is 12.1 Å². The molecule has 0 aliphatic carbocycles. The summed E-state index contributed by atoms with van der Waals surface area (Å²) in [5.74, 6) is -0.856. The molecule has 0 aromatic heterocycles. The van der Waals surface area contributed by atoms with Gasteiger partial charge in [-0.2, -0.15) is 4.39 Å². The monoisotopic (exact) mass is 262 g/mol. The highest BCUT2D eigenvalue weighted by Gasteiger charge is 2.16. The number of halogens is 2. The van der Waals surface area contributed by atoms with Gasteiger partial charge in [0.2, 0.25) is 5.82 Å². The first-order valence-electron chi connectivity index (χ1n) is 4.88. The van der Waals surface area contributed by atoms with Crippen LogP contribution in [0.4, 0.5) is 15.8 Å². The lowest BCUT2D eigenvalue weighted by Gasteiger charge is -2.12. The summed E-state index contributed by atoms with van der Waals surface area (Å²) in [6.07, 6.45) is -0.755. The number of nitro benzene ring substituents is 1. The topological polar surface area (TPSA) is 75.4 Å². The van der Waals surface area contributed by atoms with E-state index in [2.05, 4.69) is 5.32 Å². The number of hydrogen-bond donors (Lipinski definition) is 2. The van der Waals surface area contributed by atoms with E-state index in [9.17, 15) is 19.6 Å². The van der Waals surface area contributed by atoms with Gasteiger partial charge in [-0.05, 0) is 12.5 Å². The predicted molar refractivity (Wildman–Crippen MR) is 63.0 cm³/mol. The van der Waals surface area contributed by atoms with Crippen molar-refractivity contribution in [2.45, 2.75) is 13.0 Å². The Hall–Kier alpha value is -1.40. The molecule has 0 aliphatic rings. The Balaban J connectivity index is 2.88. The molecule has 0 saturated heterocycles. The third-order valence-corrected chi connectivity index (χ3v) is 2.55. The Morgan fingerprint density at radius 3 is 2.82 bits per heavy atom. The fraction of sp³-hybridized carbons (Fsp3) is 0.400. The molecule has 0 radical (unpaired) electrons. The maximum atomic E-state index is 13.3. The first kappa shape index (κ1) is 13.7. The van der Waals surface area contributed by atoms with Crippen LogP contribution in [0, 0.1) is 22.9 Å². The largest absolute Gasteiger partial charge is 0.390 e. The number of aryl methyl sites for hydroxylation is 1. The number of aliphatic hydroxyl groups excluding tert-OH is 1. The second kappa shape index (κ2) is 5.79. The molecular weight excluding hydrogens is 251 g/mol. The number of nitrogens with one attached hydrogen (secondary N) is 1. The third-order valence-electron chi connectivity index (χ3n) is 2.20. The van der Waals surface area contributed by atoms with E-state index in [1.54, 1.807) is 6.92 Å². The number of nitrogens with zero attached hydrogens (tertiary/aromatic N) is 1. The molecule has 17 heavy (non-hydrogen) atoms. The van der Waals surface area contributed by atoms with E-state index in [0.717, 1.165) is 12.1 Å². The molecule has 0 aliphatic heterocycles. The van der Waals surface area contributed by atoms with Gasteiger partial charge in [0.1, 0.15) is 0 Å². The summed E-state index contributed by atoms with van der Waals surface area (Å²) in [7, 11) is 0. The first-order valence-corrected chi connectivity index (χ1v) is 5.41. The number of nitro groups is 1. The lowest BCUT2D eigenvalue weighted by atomic mass is 10.1. The van der Waals surface area contributed by atoms with Crippen molar-refractivity contribution in [2.75, 3.05) is 17.7 Å². The molecule has 1 atom stereocenters. The fourth-order valence-corrected chi connectivity index (χ4v) is 1.39. The molecule has 0 amide bonds. The van der Waals surface area contributed by atoms with Gasteiger partial charge in [-0.15, -0.1) is 11.6 Å². The van der Waals surface area contributed by atoms with E-state index < -0.39 is 22.5 Å². The molecule has 5 nitrogen and oxygen atoms in total. The normalized spacial score (nSPS) is 12.2. The molecule has 2 N–H and O–H groups in total. The van der Waals surface area contributed by atoms with Crippen LogP contribution in [0.3, 0.4) is 0 Å². The first-order chi connectivity index (χ1) is 7.95. The van der Waals surface area contributed by atoms with Crippen LogP contribution in [0.1, 0.15) is 5.56 Å². The molecule has 0 fully saturated rings. The van der Waals surface area contributed by atoms with E-state index >= 15 is 0 Å². The third kappa shape index (κ3) is 3.54. The summed E-state index contributed by atoms with van der Waals surface area (Å²) in [6, 6.07) is 2.18. The SMILES string of the molecule is Cc1cc([N+](=O)[O-])c(F)cc1NCC(O)CCl. The van der Waals surface area contributed by atoms with Gasteiger partial charge in [-0.3, -0.25) is 10.1 Å². The molecule has 1 aromatic rings. The Bertz CT molecular complexity index is 428. The van der Waals surface area contributed by atoms with Gasteiger partial charge in [-0.25, -0.2) is 0 Å². The van der Waals surface area contributed by atoms with Gasteiger partial charge in [-0.1, -0.05) is 0 Å². The van der Waals surface area contributed by atoms with Crippen molar-refractivity contribution in [1.29, 1.82) is 0 Å². The number of anilines is 1. The van der Waals surface area contributed by atoms with Crippen molar-refractivity contribution in [3.8, 4) is 0 Å². The Kier molecular flexibility index (Phi) is 4.65. The van der Waals surface area contributed by atoms with Crippen LogP contribution in [-0.2, 0) is 0 Å². The zero-order valence-corrected chi connectivity index (χ0v) is 9.87. The second-order valence-corrected chi connectivity index (χ2v) is 3.87. The zero-order chi connectivity index (χ0) is 13.0. The van der Waals surface area contributed by atoms with Gasteiger partial charge < -0.3 is 10.4 Å². The Morgan fingerprint density at radius 1 is 1.65 bits per heavy atom. The van der Waals surface area contributed by atoms with Crippen LogP contribution in [0.2, 0.25) is 0 Å². The molecule has 1 unspecified atom stereocenters. The van der Waals surface area contributed by atoms with Crippen LogP contribution in [0.5, 0.6) is 0 Å². The summed E-state index contributed by atoms with van der Waals surface area (Å²) in [4.78, 5) is 9.71. The average molecular weight is 263 g/mol. The van der Waals surface area contributed by atoms with Crippen molar-refractivity contribution in [1.82, 2.24) is 0 Å². The van der Waals surface area contributed by atoms with Crippen LogP contribution < -0.4 is 5.32 Å². The van der Waals surface area contributed by atoms with E-state index in [1.807, 2.05) is 0 Å². The minimum absolute atomic E-state index is 0.0571. The lowest BCUT2D eigenvalue weighted by molar-refractivity contribution is -0.387. The van der Waals surface area contributed by atoms with Crippen molar-refractivity contribution < 1.29 is 14.4 Å². The van der Waals surface area contributed by atoms with Gasteiger partial charge in [0, 0.05) is 24.4 Å². The number of hydrogen-bond acceptors (Lipinski definition) is 4. The summed E-state index contributed by atoms with van der Waals surface area (Å²) in [5, 5.41) is 22.5. The summed E-state index contributed by atoms with van der Waals surface area (Å²) < 4.78 is 13.3. The van der Waals surface area contributed by atoms with E-state index in [1.165, 1.54) is 0 Å². The van der Waals surface area contributed by atoms with Gasteiger partial charge >= 0.3 is 5.69 Å². The minimum atomic E-state index is -0.913. The number of rotatable bonds is 5. The van der Waals surface area contributed by atoms with Gasteiger partial charge in [0.05, 0.1) is 16.9 Å². The van der Waals surface area contributed by atoms with E-state index in [4.69, 9.17) is 11.6 Å². The fourth-order valence-electron chi connectivity index (χ4n) is 1.28. The highest BCUT2D eigenvalue weighted by Crippen LogP contribution is 2.25. The molecule has 1 aromatic carbocycles. The molecule has 7 heteroatoms. The molecule has 0 bridgehead atoms. The minimum Gasteiger partial charge on any atom is -0.390 e. The molecule has 94 valence electrons. The zero-order valence-electron chi connectivity index (χ0n) is 9.11. The predicted octanol–water partition coefficient (Wildman–Crippen LogP) is 2.05. The number of alkyl halides is 1. The van der Waals surface area contributed by atoms with Crippen LogP contribution >= 0.6 is 11.6 Å².